The number of rotatable bonds is 3. The van der Waals surface area contributed by atoms with Gasteiger partial charge in [-0.2, -0.15) is 4.37 Å². The lowest BCUT2D eigenvalue weighted by molar-refractivity contribution is 0.890. The maximum Gasteiger partial charge on any atom is 0.117 e. The molecular formula is C15H13BrN2S. The van der Waals surface area contributed by atoms with Crippen molar-refractivity contribution in [1.29, 1.82) is 0 Å². The minimum atomic E-state index is 0.261. The molecule has 0 saturated carbocycles. The monoisotopic (exact) mass is 332 g/mol. The lowest BCUT2D eigenvalue weighted by Gasteiger charge is -2.14. The molecule has 19 heavy (non-hydrogen) atoms. The molecule has 3 aromatic rings. The quantitative estimate of drug-likeness (QED) is 0.710. The van der Waals surface area contributed by atoms with E-state index in [0.29, 0.717) is 0 Å². The second kappa shape index (κ2) is 5.31. The van der Waals surface area contributed by atoms with Crippen LogP contribution in [0.1, 0.15) is 18.5 Å². The van der Waals surface area contributed by atoms with E-state index in [1.807, 2.05) is 18.2 Å². The summed E-state index contributed by atoms with van der Waals surface area (Å²) in [7, 11) is 0. The van der Waals surface area contributed by atoms with Crippen molar-refractivity contribution in [3.05, 3.63) is 58.6 Å². The first-order valence-electron chi connectivity index (χ1n) is 6.10. The summed E-state index contributed by atoms with van der Waals surface area (Å²) in [5.41, 5.74) is 2.32. The number of nitrogens with one attached hydrogen (secondary N) is 1. The molecule has 0 aliphatic heterocycles. The molecule has 0 radical (unpaired) electrons. The second-order valence-corrected chi connectivity index (χ2v) is 6.14. The van der Waals surface area contributed by atoms with Crippen molar-refractivity contribution in [2.75, 3.05) is 5.32 Å². The molecule has 1 aromatic heterocycles. The molecule has 4 heteroatoms. The lowest BCUT2D eigenvalue weighted by atomic mass is 10.1. The van der Waals surface area contributed by atoms with Crippen LogP contribution >= 0.6 is 27.5 Å². The van der Waals surface area contributed by atoms with Crippen LogP contribution in [0.15, 0.2) is 53.0 Å². The standard InChI is InChI=1S/C15H13BrN2S/c1-10(11-6-8-12(16)9-7-11)17-15-13-4-2-3-5-14(13)18-19-15/h2-10,17H,1H3. The van der Waals surface area contributed by atoms with Gasteiger partial charge in [-0.05, 0) is 48.3 Å². The van der Waals surface area contributed by atoms with E-state index < -0.39 is 0 Å². The smallest absolute Gasteiger partial charge is 0.117 e. The van der Waals surface area contributed by atoms with Gasteiger partial charge >= 0.3 is 0 Å². The number of nitrogens with zero attached hydrogens (tertiary/aromatic N) is 1. The van der Waals surface area contributed by atoms with Gasteiger partial charge in [-0.1, -0.05) is 40.2 Å². The zero-order chi connectivity index (χ0) is 13.2. The van der Waals surface area contributed by atoms with Gasteiger partial charge in [0.05, 0.1) is 5.52 Å². The van der Waals surface area contributed by atoms with Crippen LogP contribution in [0.25, 0.3) is 10.9 Å². The number of halogens is 1. The molecule has 0 bridgehead atoms. The average molecular weight is 333 g/mol. The molecule has 0 fully saturated rings. The summed E-state index contributed by atoms with van der Waals surface area (Å²) in [6.07, 6.45) is 0. The summed E-state index contributed by atoms with van der Waals surface area (Å²) >= 11 is 4.98. The van der Waals surface area contributed by atoms with E-state index in [1.54, 1.807) is 0 Å². The topological polar surface area (TPSA) is 24.9 Å². The molecule has 0 spiro atoms. The Labute approximate surface area is 124 Å². The van der Waals surface area contributed by atoms with Crippen LogP contribution in [-0.2, 0) is 0 Å². The molecule has 2 nitrogen and oxygen atoms in total. The number of hydrogen-bond acceptors (Lipinski definition) is 3. The Hall–Kier alpha value is -1.39. The van der Waals surface area contributed by atoms with Crippen molar-refractivity contribution < 1.29 is 0 Å². The summed E-state index contributed by atoms with van der Waals surface area (Å²) in [5.74, 6) is 0. The Kier molecular flexibility index (Phi) is 3.53. The van der Waals surface area contributed by atoms with Crippen molar-refractivity contribution >= 4 is 43.4 Å². The van der Waals surface area contributed by atoms with Crippen molar-refractivity contribution in [3.63, 3.8) is 0 Å². The van der Waals surface area contributed by atoms with Gasteiger partial charge in [0.25, 0.3) is 0 Å². The molecule has 0 aliphatic carbocycles. The van der Waals surface area contributed by atoms with E-state index in [0.717, 1.165) is 15.0 Å². The van der Waals surface area contributed by atoms with Crippen LogP contribution < -0.4 is 5.32 Å². The molecule has 1 unspecified atom stereocenters. The molecular weight excluding hydrogens is 320 g/mol. The molecule has 0 amide bonds. The van der Waals surface area contributed by atoms with E-state index in [4.69, 9.17) is 0 Å². The fourth-order valence-corrected chi connectivity index (χ4v) is 3.14. The Bertz CT molecular complexity index is 691. The molecule has 1 N–H and O–H groups in total. The summed E-state index contributed by atoms with van der Waals surface area (Å²) in [4.78, 5) is 0. The Balaban J connectivity index is 1.86. The molecule has 1 atom stereocenters. The summed E-state index contributed by atoms with van der Waals surface area (Å²) in [5, 5.41) is 5.86. The maximum absolute atomic E-state index is 4.45. The molecule has 1 heterocycles. The van der Waals surface area contributed by atoms with Gasteiger partial charge in [0, 0.05) is 15.9 Å². The Morgan fingerprint density at radius 1 is 1.11 bits per heavy atom. The van der Waals surface area contributed by atoms with Crippen molar-refractivity contribution in [1.82, 2.24) is 4.37 Å². The number of aromatic nitrogens is 1. The number of fused-ring (bicyclic) bond motifs is 1. The SMILES string of the molecule is CC(Nc1snc2ccccc12)c1ccc(Br)cc1. The highest BCUT2D eigenvalue weighted by Crippen LogP contribution is 2.30. The van der Waals surface area contributed by atoms with Crippen LogP contribution in [-0.4, -0.2) is 4.37 Å². The average Bonchev–Trinajstić information content (AvgIpc) is 2.83. The minimum Gasteiger partial charge on any atom is -0.369 e. The normalized spacial score (nSPS) is 12.5. The highest BCUT2D eigenvalue weighted by molar-refractivity contribution is 9.10. The maximum atomic E-state index is 4.45. The van der Waals surface area contributed by atoms with Gasteiger partial charge in [0.15, 0.2) is 0 Å². The van der Waals surface area contributed by atoms with Crippen LogP contribution in [0.2, 0.25) is 0 Å². The number of benzene rings is 2. The van der Waals surface area contributed by atoms with Gasteiger partial charge in [-0.25, -0.2) is 0 Å². The van der Waals surface area contributed by atoms with E-state index in [-0.39, 0.29) is 6.04 Å². The predicted molar refractivity (Wildman–Crippen MR) is 85.8 cm³/mol. The highest BCUT2D eigenvalue weighted by atomic mass is 79.9. The van der Waals surface area contributed by atoms with Crippen molar-refractivity contribution in [2.24, 2.45) is 0 Å². The van der Waals surface area contributed by atoms with E-state index >= 15 is 0 Å². The van der Waals surface area contributed by atoms with Crippen molar-refractivity contribution in [3.8, 4) is 0 Å². The molecule has 2 aromatic carbocycles. The van der Waals surface area contributed by atoms with Crippen LogP contribution in [0.5, 0.6) is 0 Å². The highest BCUT2D eigenvalue weighted by Gasteiger charge is 2.10. The molecule has 0 saturated heterocycles. The molecule has 96 valence electrons. The number of hydrogen-bond donors (Lipinski definition) is 1. The minimum absolute atomic E-state index is 0.261. The van der Waals surface area contributed by atoms with E-state index in [2.05, 4.69) is 62.9 Å². The third-order valence-electron chi connectivity index (χ3n) is 3.10. The van der Waals surface area contributed by atoms with Crippen LogP contribution in [0.3, 0.4) is 0 Å². The van der Waals surface area contributed by atoms with Gasteiger partial charge in [-0.3, -0.25) is 0 Å². The van der Waals surface area contributed by atoms with E-state index in [1.165, 1.54) is 22.5 Å². The molecule has 3 rings (SSSR count). The molecule has 0 aliphatic rings. The fraction of sp³-hybridized carbons (Fsp3) is 0.133. The van der Waals surface area contributed by atoms with Crippen LogP contribution in [0.4, 0.5) is 5.00 Å². The Morgan fingerprint density at radius 3 is 2.63 bits per heavy atom. The fourth-order valence-electron chi connectivity index (χ4n) is 2.02. The van der Waals surface area contributed by atoms with Crippen molar-refractivity contribution in [2.45, 2.75) is 13.0 Å². The first-order valence-corrected chi connectivity index (χ1v) is 7.67. The lowest BCUT2D eigenvalue weighted by Crippen LogP contribution is -2.05. The summed E-state index contributed by atoms with van der Waals surface area (Å²) in [6, 6.07) is 16.9. The third-order valence-corrected chi connectivity index (χ3v) is 4.44. The first-order chi connectivity index (χ1) is 9.24. The predicted octanol–water partition coefficient (Wildman–Crippen LogP) is 5.23. The van der Waals surface area contributed by atoms with Gasteiger partial charge in [-0.15, -0.1) is 0 Å². The Morgan fingerprint density at radius 2 is 1.84 bits per heavy atom. The van der Waals surface area contributed by atoms with Crippen LogP contribution in [0, 0.1) is 0 Å². The van der Waals surface area contributed by atoms with Gasteiger partial charge in [0.2, 0.25) is 0 Å². The zero-order valence-corrected chi connectivity index (χ0v) is 12.8. The summed E-state index contributed by atoms with van der Waals surface area (Å²) in [6.45, 7) is 2.16. The largest absolute Gasteiger partial charge is 0.369 e. The first kappa shape index (κ1) is 12.6. The van der Waals surface area contributed by atoms with Gasteiger partial charge < -0.3 is 5.32 Å². The number of anilines is 1. The zero-order valence-electron chi connectivity index (χ0n) is 10.4. The third kappa shape index (κ3) is 2.65. The second-order valence-electron chi connectivity index (χ2n) is 4.45. The summed E-state index contributed by atoms with van der Waals surface area (Å²) < 4.78 is 5.55. The van der Waals surface area contributed by atoms with Gasteiger partial charge in [0.1, 0.15) is 5.00 Å². The van der Waals surface area contributed by atoms with E-state index in [9.17, 15) is 0 Å².